The Hall–Kier alpha value is -1.05. The molecule has 0 aromatic heterocycles. The van der Waals surface area contributed by atoms with Crippen LogP contribution < -0.4 is 4.74 Å². The molecule has 1 aromatic carbocycles. The van der Waals surface area contributed by atoms with Crippen LogP contribution in [0.15, 0.2) is 18.2 Å². The average molecular weight is 208 g/mol. The van der Waals surface area contributed by atoms with Crippen molar-refractivity contribution in [1.29, 1.82) is 0 Å². The molecular weight excluding hydrogens is 191 g/mol. The summed E-state index contributed by atoms with van der Waals surface area (Å²) in [5.41, 5.74) is 0.670. The van der Waals surface area contributed by atoms with Gasteiger partial charge in [0.2, 0.25) is 0 Å². The second-order valence-electron chi connectivity index (χ2n) is 5.49. The monoisotopic (exact) mass is 208 g/mol. The van der Waals surface area contributed by atoms with Gasteiger partial charge in [-0.15, -0.1) is 0 Å². The second kappa shape index (κ2) is 2.97. The van der Waals surface area contributed by atoms with Crippen LogP contribution in [0.5, 0.6) is 5.75 Å². The van der Waals surface area contributed by atoms with Gasteiger partial charge in [-0.3, -0.25) is 0 Å². The Labute approximate surface area is 90.3 Å². The maximum absolute atomic E-state index is 13.5. The lowest BCUT2D eigenvalue weighted by atomic mass is 9.75. The maximum atomic E-state index is 13.5. The molecule has 1 aromatic rings. The van der Waals surface area contributed by atoms with Gasteiger partial charge in [0, 0.05) is 17.4 Å². The SMILES string of the molecule is CC(C)(C)C1(C)Cc2cccc(F)c2O1. The van der Waals surface area contributed by atoms with E-state index in [1.165, 1.54) is 6.07 Å². The van der Waals surface area contributed by atoms with E-state index in [4.69, 9.17) is 4.74 Å². The fourth-order valence-corrected chi connectivity index (χ4v) is 1.85. The number of benzene rings is 1. The van der Waals surface area contributed by atoms with E-state index in [2.05, 4.69) is 20.8 Å². The zero-order valence-corrected chi connectivity index (χ0v) is 9.73. The van der Waals surface area contributed by atoms with Crippen LogP contribution in [0, 0.1) is 11.2 Å². The van der Waals surface area contributed by atoms with Crippen molar-refractivity contribution in [2.45, 2.75) is 39.7 Å². The normalized spacial score (nSPS) is 24.9. The van der Waals surface area contributed by atoms with Crippen LogP contribution >= 0.6 is 0 Å². The molecule has 0 N–H and O–H groups in total. The summed E-state index contributed by atoms with van der Waals surface area (Å²) < 4.78 is 19.3. The van der Waals surface area contributed by atoms with Crippen molar-refractivity contribution in [3.05, 3.63) is 29.6 Å². The molecule has 82 valence electrons. The van der Waals surface area contributed by atoms with Gasteiger partial charge in [-0.1, -0.05) is 32.9 Å². The fraction of sp³-hybridized carbons (Fsp3) is 0.538. The van der Waals surface area contributed by atoms with Gasteiger partial charge in [-0.2, -0.15) is 0 Å². The summed E-state index contributed by atoms with van der Waals surface area (Å²) in [4.78, 5) is 0. The average Bonchev–Trinajstić information content (AvgIpc) is 2.43. The number of rotatable bonds is 0. The third kappa shape index (κ3) is 1.52. The fourth-order valence-electron chi connectivity index (χ4n) is 1.85. The van der Waals surface area contributed by atoms with Crippen LogP contribution in [0.3, 0.4) is 0 Å². The Morgan fingerprint density at radius 2 is 2.00 bits per heavy atom. The van der Waals surface area contributed by atoms with Gasteiger partial charge in [-0.25, -0.2) is 4.39 Å². The molecule has 0 bridgehead atoms. The van der Waals surface area contributed by atoms with Gasteiger partial charge >= 0.3 is 0 Å². The standard InChI is InChI=1S/C13H17FO/c1-12(2,3)13(4)8-9-6-5-7-10(14)11(9)15-13/h5-7H,8H2,1-4H3. The lowest BCUT2D eigenvalue weighted by molar-refractivity contribution is 0.00122. The van der Waals surface area contributed by atoms with Gasteiger partial charge in [0.1, 0.15) is 5.60 Å². The topological polar surface area (TPSA) is 9.23 Å². The highest BCUT2D eigenvalue weighted by molar-refractivity contribution is 5.40. The van der Waals surface area contributed by atoms with Gasteiger partial charge in [0.05, 0.1) is 0 Å². The first kappa shape index (κ1) is 10.5. The van der Waals surface area contributed by atoms with Crippen molar-refractivity contribution in [2.24, 2.45) is 5.41 Å². The number of halogens is 1. The van der Waals surface area contributed by atoms with Crippen molar-refractivity contribution in [3.63, 3.8) is 0 Å². The minimum Gasteiger partial charge on any atom is -0.483 e. The van der Waals surface area contributed by atoms with E-state index in [1.807, 2.05) is 13.0 Å². The first-order valence-corrected chi connectivity index (χ1v) is 5.30. The maximum Gasteiger partial charge on any atom is 0.165 e. The molecule has 0 saturated heterocycles. The minimum atomic E-state index is -0.308. The van der Waals surface area contributed by atoms with Crippen LogP contribution in [0.1, 0.15) is 33.3 Å². The van der Waals surface area contributed by atoms with E-state index in [0.717, 1.165) is 12.0 Å². The number of para-hydroxylation sites is 1. The zero-order chi connectivity index (χ0) is 11.3. The van der Waals surface area contributed by atoms with Crippen molar-refractivity contribution < 1.29 is 9.13 Å². The van der Waals surface area contributed by atoms with Gasteiger partial charge in [0.25, 0.3) is 0 Å². The lowest BCUT2D eigenvalue weighted by Gasteiger charge is -2.37. The molecule has 2 heteroatoms. The van der Waals surface area contributed by atoms with E-state index in [1.54, 1.807) is 6.07 Å². The Morgan fingerprint density at radius 1 is 1.33 bits per heavy atom. The summed E-state index contributed by atoms with van der Waals surface area (Å²) in [6, 6.07) is 5.13. The smallest absolute Gasteiger partial charge is 0.165 e. The largest absolute Gasteiger partial charge is 0.483 e. The molecule has 1 aliphatic rings. The van der Waals surface area contributed by atoms with E-state index in [0.29, 0.717) is 5.75 Å². The van der Waals surface area contributed by atoms with Crippen LogP contribution in [0.4, 0.5) is 4.39 Å². The molecule has 0 aliphatic carbocycles. The summed E-state index contributed by atoms with van der Waals surface area (Å²) in [6.45, 7) is 8.41. The number of hydrogen-bond donors (Lipinski definition) is 0. The third-order valence-electron chi connectivity index (χ3n) is 3.49. The van der Waals surface area contributed by atoms with Crippen LogP contribution in [-0.4, -0.2) is 5.60 Å². The lowest BCUT2D eigenvalue weighted by Crippen LogP contribution is -2.44. The molecule has 15 heavy (non-hydrogen) atoms. The number of fused-ring (bicyclic) bond motifs is 1. The molecule has 0 saturated carbocycles. The van der Waals surface area contributed by atoms with E-state index >= 15 is 0 Å². The second-order valence-corrected chi connectivity index (χ2v) is 5.49. The van der Waals surface area contributed by atoms with Crippen molar-refractivity contribution >= 4 is 0 Å². The molecule has 0 fully saturated rings. The summed E-state index contributed by atoms with van der Waals surface area (Å²) in [5.74, 6) is 0.190. The first-order valence-electron chi connectivity index (χ1n) is 5.30. The van der Waals surface area contributed by atoms with E-state index in [9.17, 15) is 4.39 Å². The Morgan fingerprint density at radius 3 is 2.53 bits per heavy atom. The summed E-state index contributed by atoms with van der Waals surface area (Å²) >= 11 is 0. The zero-order valence-electron chi connectivity index (χ0n) is 9.73. The molecule has 1 aliphatic heterocycles. The Kier molecular flexibility index (Phi) is 2.07. The van der Waals surface area contributed by atoms with Crippen LogP contribution in [0.25, 0.3) is 0 Å². The highest BCUT2D eigenvalue weighted by Gasteiger charge is 2.45. The molecular formula is C13H17FO. The number of ether oxygens (including phenoxy) is 1. The van der Waals surface area contributed by atoms with E-state index in [-0.39, 0.29) is 16.8 Å². The predicted molar refractivity (Wildman–Crippen MR) is 58.6 cm³/mol. The quantitative estimate of drug-likeness (QED) is 0.633. The van der Waals surface area contributed by atoms with Crippen LogP contribution in [-0.2, 0) is 6.42 Å². The van der Waals surface area contributed by atoms with Crippen molar-refractivity contribution in [3.8, 4) is 5.75 Å². The summed E-state index contributed by atoms with van der Waals surface area (Å²) in [5, 5.41) is 0. The molecule has 1 unspecified atom stereocenters. The van der Waals surface area contributed by atoms with Crippen molar-refractivity contribution in [2.75, 3.05) is 0 Å². The molecule has 2 rings (SSSR count). The molecule has 1 nitrogen and oxygen atoms in total. The molecule has 0 radical (unpaired) electrons. The minimum absolute atomic E-state index is 0.00153. The summed E-state index contributed by atoms with van der Waals surface area (Å²) in [6.07, 6.45) is 0.781. The molecule has 0 amide bonds. The summed E-state index contributed by atoms with van der Waals surface area (Å²) in [7, 11) is 0. The van der Waals surface area contributed by atoms with Crippen molar-refractivity contribution in [1.82, 2.24) is 0 Å². The van der Waals surface area contributed by atoms with Crippen LogP contribution in [0.2, 0.25) is 0 Å². The highest BCUT2D eigenvalue weighted by atomic mass is 19.1. The van der Waals surface area contributed by atoms with Gasteiger partial charge in [0.15, 0.2) is 11.6 Å². The number of hydrogen-bond acceptors (Lipinski definition) is 1. The first-order chi connectivity index (χ1) is 6.83. The van der Waals surface area contributed by atoms with Gasteiger partial charge in [-0.05, 0) is 13.0 Å². The third-order valence-corrected chi connectivity index (χ3v) is 3.49. The predicted octanol–water partition coefficient (Wildman–Crippen LogP) is 3.57. The Bertz CT molecular complexity index is 392. The highest BCUT2D eigenvalue weighted by Crippen LogP contribution is 2.45. The Balaban J connectivity index is 2.42. The van der Waals surface area contributed by atoms with E-state index < -0.39 is 0 Å². The molecule has 1 heterocycles. The molecule has 0 spiro atoms. The molecule has 1 atom stereocenters. The van der Waals surface area contributed by atoms with Gasteiger partial charge < -0.3 is 4.74 Å².